The molecule has 1 saturated heterocycles. The first-order valence-electron chi connectivity index (χ1n) is 10.9. The maximum absolute atomic E-state index is 13.5. The number of carbonyl (C=O) groups excluding carboxylic acids is 2. The number of para-hydroxylation sites is 2. The molecular formula is C25H26N4O4. The van der Waals surface area contributed by atoms with Crippen molar-refractivity contribution in [2.75, 3.05) is 20.8 Å². The highest BCUT2D eigenvalue weighted by Crippen LogP contribution is 2.42. The Bertz CT molecular complexity index is 1290. The number of hydrogen-bond donors (Lipinski definition) is 1. The number of amides is 2. The molecule has 2 aliphatic heterocycles. The summed E-state index contributed by atoms with van der Waals surface area (Å²) < 4.78 is 10.8. The lowest BCUT2D eigenvalue weighted by Crippen LogP contribution is -2.66. The van der Waals surface area contributed by atoms with Gasteiger partial charge in [0.1, 0.15) is 12.6 Å². The number of nitrogens with zero attached hydrogens (tertiary/aromatic N) is 3. The molecule has 3 aromatic rings. The van der Waals surface area contributed by atoms with E-state index in [-0.39, 0.29) is 18.4 Å². The quantitative estimate of drug-likeness (QED) is 0.624. The predicted octanol–water partition coefficient (Wildman–Crippen LogP) is 3.05. The molecule has 170 valence electrons. The minimum atomic E-state index is -0.643. The Balaban J connectivity index is 1.50. The molecule has 3 heterocycles. The Morgan fingerprint density at radius 2 is 1.88 bits per heavy atom. The van der Waals surface area contributed by atoms with E-state index in [4.69, 9.17) is 9.47 Å². The molecule has 5 rings (SSSR count). The number of rotatable bonds is 4. The van der Waals surface area contributed by atoms with Gasteiger partial charge in [-0.25, -0.2) is 5.01 Å². The van der Waals surface area contributed by atoms with Gasteiger partial charge in [0, 0.05) is 28.6 Å². The topological polar surface area (TPSA) is 87.2 Å². The number of H-pyrrole nitrogens is 1. The van der Waals surface area contributed by atoms with E-state index in [2.05, 4.69) is 16.2 Å². The number of piperazine rings is 1. The number of fused-ring (bicyclic) bond motifs is 4. The van der Waals surface area contributed by atoms with E-state index in [1.165, 1.54) is 11.2 Å². The van der Waals surface area contributed by atoms with Gasteiger partial charge in [-0.1, -0.05) is 24.3 Å². The average Bonchev–Trinajstić information content (AvgIpc) is 3.19. The van der Waals surface area contributed by atoms with Crippen LogP contribution < -0.4 is 9.47 Å². The second kappa shape index (κ2) is 7.65. The Morgan fingerprint density at radius 3 is 2.64 bits per heavy atom. The lowest BCUT2D eigenvalue weighted by Gasteiger charge is -2.50. The van der Waals surface area contributed by atoms with Crippen LogP contribution in [0.2, 0.25) is 0 Å². The van der Waals surface area contributed by atoms with Crippen molar-refractivity contribution in [2.45, 2.75) is 31.8 Å². The second-order valence-electron chi connectivity index (χ2n) is 8.79. The molecule has 2 amide bonds. The van der Waals surface area contributed by atoms with E-state index in [1.54, 1.807) is 25.2 Å². The van der Waals surface area contributed by atoms with Gasteiger partial charge in [0.25, 0.3) is 5.91 Å². The third-order valence-electron chi connectivity index (χ3n) is 6.60. The summed E-state index contributed by atoms with van der Waals surface area (Å²) in [6.45, 7) is 3.86. The average molecular weight is 447 g/mol. The standard InChI is InChI=1S/C25H26N4O4/c1-25(2)23-17(16-9-5-6-10-18(16)27-23)12-19-24(31)28(14-21(30)29(19)25)26-13-15-8-7-11-20(32-3)22(15)33-4/h5-11,13,19,27H,12,14H2,1-4H3/b26-13-/t19-/m0/s1. The Kier molecular flexibility index (Phi) is 4.88. The van der Waals surface area contributed by atoms with Crippen LogP contribution >= 0.6 is 0 Å². The van der Waals surface area contributed by atoms with E-state index < -0.39 is 11.6 Å². The summed E-state index contributed by atoms with van der Waals surface area (Å²) in [5.74, 6) is 0.748. The van der Waals surface area contributed by atoms with Crippen molar-refractivity contribution in [3.8, 4) is 11.5 Å². The van der Waals surface area contributed by atoms with E-state index in [9.17, 15) is 9.59 Å². The zero-order valence-corrected chi connectivity index (χ0v) is 19.1. The first kappa shape index (κ1) is 21.1. The van der Waals surface area contributed by atoms with Crippen LogP contribution in [-0.2, 0) is 21.5 Å². The van der Waals surface area contributed by atoms with Crippen LogP contribution in [-0.4, -0.2) is 59.7 Å². The number of hydrogen-bond acceptors (Lipinski definition) is 5. The van der Waals surface area contributed by atoms with Crippen molar-refractivity contribution in [2.24, 2.45) is 5.10 Å². The molecule has 0 aliphatic carbocycles. The first-order chi connectivity index (χ1) is 15.9. The molecule has 8 heteroatoms. The molecule has 0 saturated carbocycles. The number of ether oxygens (including phenoxy) is 2. The van der Waals surface area contributed by atoms with Gasteiger partial charge in [0.05, 0.1) is 26.0 Å². The lowest BCUT2D eigenvalue weighted by molar-refractivity contribution is -0.163. The molecule has 8 nitrogen and oxygen atoms in total. The van der Waals surface area contributed by atoms with Crippen molar-refractivity contribution < 1.29 is 19.1 Å². The lowest BCUT2D eigenvalue weighted by atomic mass is 9.82. The Labute approximate surface area is 191 Å². The molecule has 0 bridgehead atoms. The van der Waals surface area contributed by atoms with Gasteiger partial charge < -0.3 is 19.4 Å². The molecule has 1 fully saturated rings. The first-order valence-corrected chi connectivity index (χ1v) is 10.9. The summed E-state index contributed by atoms with van der Waals surface area (Å²) in [4.78, 5) is 32.0. The van der Waals surface area contributed by atoms with Gasteiger partial charge >= 0.3 is 0 Å². The molecule has 0 radical (unpaired) electrons. The van der Waals surface area contributed by atoms with Crippen LogP contribution in [0.1, 0.15) is 30.7 Å². The van der Waals surface area contributed by atoms with E-state index in [0.717, 1.165) is 22.2 Å². The molecular weight excluding hydrogens is 420 g/mol. The number of aromatic amines is 1. The molecule has 2 aromatic carbocycles. The van der Waals surface area contributed by atoms with Crippen LogP contribution in [0, 0.1) is 0 Å². The molecule has 0 unspecified atom stereocenters. The number of hydrazone groups is 1. The summed E-state index contributed by atoms with van der Waals surface area (Å²) in [6, 6.07) is 12.8. The minimum absolute atomic E-state index is 0.114. The summed E-state index contributed by atoms with van der Waals surface area (Å²) >= 11 is 0. The van der Waals surface area contributed by atoms with Crippen LogP contribution in [0.3, 0.4) is 0 Å². The second-order valence-corrected chi connectivity index (χ2v) is 8.79. The SMILES string of the molecule is COc1cccc(/C=N\N2CC(=O)N3[C@@H](Cc4c([nH]c5ccccc45)C3(C)C)C2=O)c1OC. The Hall–Kier alpha value is -3.81. The zero-order valence-electron chi connectivity index (χ0n) is 19.1. The minimum Gasteiger partial charge on any atom is -0.493 e. The van der Waals surface area contributed by atoms with Crippen LogP contribution in [0.5, 0.6) is 11.5 Å². The highest BCUT2D eigenvalue weighted by Gasteiger charge is 2.51. The fourth-order valence-corrected chi connectivity index (χ4v) is 5.11. The molecule has 33 heavy (non-hydrogen) atoms. The van der Waals surface area contributed by atoms with Gasteiger partial charge in [0.15, 0.2) is 11.5 Å². The fraction of sp³-hybridized carbons (Fsp3) is 0.320. The van der Waals surface area contributed by atoms with Gasteiger partial charge in [-0.05, 0) is 37.6 Å². The summed E-state index contributed by atoms with van der Waals surface area (Å²) in [7, 11) is 3.11. The van der Waals surface area contributed by atoms with Crippen LogP contribution in [0.4, 0.5) is 0 Å². The highest BCUT2D eigenvalue weighted by atomic mass is 16.5. The van der Waals surface area contributed by atoms with Gasteiger partial charge in [0.2, 0.25) is 5.91 Å². The van der Waals surface area contributed by atoms with Crippen molar-refractivity contribution in [3.05, 3.63) is 59.3 Å². The normalized spacial score (nSPS) is 19.7. The smallest absolute Gasteiger partial charge is 0.266 e. The third kappa shape index (κ3) is 3.16. The maximum atomic E-state index is 13.5. The number of aromatic nitrogens is 1. The number of carbonyl (C=O) groups is 2. The van der Waals surface area contributed by atoms with Crippen LogP contribution in [0.25, 0.3) is 10.9 Å². The van der Waals surface area contributed by atoms with Crippen molar-refractivity contribution in [1.82, 2.24) is 14.9 Å². The molecule has 1 aromatic heterocycles. The van der Waals surface area contributed by atoms with E-state index in [1.807, 2.05) is 44.2 Å². The third-order valence-corrected chi connectivity index (χ3v) is 6.60. The largest absolute Gasteiger partial charge is 0.493 e. The van der Waals surface area contributed by atoms with Gasteiger partial charge in [-0.15, -0.1) is 0 Å². The predicted molar refractivity (Wildman–Crippen MR) is 125 cm³/mol. The summed E-state index contributed by atoms with van der Waals surface area (Å²) in [5, 5.41) is 6.73. The van der Waals surface area contributed by atoms with Crippen LogP contribution in [0.15, 0.2) is 47.6 Å². The number of methoxy groups -OCH3 is 2. The maximum Gasteiger partial charge on any atom is 0.266 e. The van der Waals surface area contributed by atoms with Crippen molar-refractivity contribution in [1.29, 1.82) is 0 Å². The number of benzene rings is 2. The summed E-state index contributed by atoms with van der Waals surface area (Å²) in [6.07, 6.45) is 1.98. The molecule has 1 atom stereocenters. The van der Waals surface area contributed by atoms with Gasteiger partial charge in [-0.3, -0.25) is 9.59 Å². The number of nitrogens with one attached hydrogen (secondary N) is 1. The van der Waals surface area contributed by atoms with Crippen molar-refractivity contribution in [3.63, 3.8) is 0 Å². The van der Waals surface area contributed by atoms with E-state index >= 15 is 0 Å². The zero-order chi connectivity index (χ0) is 23.3. The Morgan fingerprint density at radius 1 is 1.09 bits per heavy atom. The van der Waals surface area contributed by atoms with Crippen molar-refractivity contribution >= 4 is 28.9 Å². The van der Waals surface area contributed by atoms with Gasteiger partial charge in [-0.2, -0.15) is 5.10 Å². The molecule has 0 spiro atoms. The highest BCUT2D eigenvalue weighted by molar-refractivity contribution is 5.98. The molecule has 2 aliphatic rings. The summed E-state index contributed by atoms with van der Waals surface area (Å²) in [5.41, 5.74) is 3.09. The monoisotopic (exact) mass is 446 g/mol. The fourth-order valence-electron chi connectivity index (χ4n) is 5.11. The molecule has 1 N–H and O–H groups in total. The van der Waals surface area contributed by atoms with E-state index in [0.29, 0.717) is 23.5 Å².